The van der Waals surface area contributed by atoms with E-state index in [0.29, 0.717) is 12.3 Å². The molecule has 0 saturated heterocycles. The lowest BCUT2D eigenvalue weighted by Crippen LogP contribution is -2.28. The van der Waals surface area contributed by atoms with Gasteiger partial charge in [0.25, 0.3) is 0 Å². The Morgan fingerprint density at radius 3 is 2.42 bits per heavy atom. The van der Waals surface area contributed by atoms with Crippen LogP contribution in [-0.2, 0) is 6.54 Å². The summed E-state index contributed by atoms with van der Waals surface area (Å²) in [7, 11) is 0. The molecule has 2 aromatic carbocycles. The molecule has 0 aliphatic carbocycles. The number of rotatable bonds is 5. The van der Waals surface area contributed by atoms with Crippen molar-refractivity contribution in [3.8, 4) is 11.5 Å². The Balaban J connectivity index is 1.50. The maximum absolute atomic E-state index is 11.8. The summed E-state index contributed by atoms with van der Waals surface area (Å²) >= 11 is 0. The number of carbonyl (C=O) groups is 1. The van der Waals surface area contributed by atoms with E-state index in [-0.39, 0.29) is 6.03 Å². The molecule has 3 rings (SSSR count). The van der Waals surface area contributed by atoms with Crippen LogP contribution in [-0.4, -0.2) is 11.0 Å². The number of hydrogen-bond acceptors (Lipinski definition) is 3. The molecule has 0 saturated carbocycles. The average molecular weight is 319 g/mol. The normalized spacial score (nSPS) is 10.0. The van der Waals surface area contributed by atoms with Gasteiger partial charge in [0.15, 0.2) is 0 Å². The minimum atomic E-state index is -0.239. The molecule has 24 heavy (non-hydrogen) atoms. The van der Waals surface area contributed by atoms with Gasteiger partial charge < -0.3 is 15.4 Å². The van der Waals surface area contributed by atoms with E-state index in [1.165, 1.54) is 0 Å². The van der Waals surface area contributed by atoms with E-state index in [2.05, 4.69) is 15.6 Å². The first-order valence-electron chi connectivity index (χ1n) is 7.56. The van der Waals surface area contributed by atoms with Crippen LogP contribution >= 0.6 is 0 Å². The molecule has 2 amide bonds. The van der Waals surface area contributed by atoms with Crippen LogP contribution in [0.25, 0.3) is 0 Å². The second kappa shape index (κ2) is 7.78. The van der Waals surface area contributed by atoms with E-state index in [0.717, 1.165) is 17.0 Å². The summed E-state index contributed by atoms with van der Waals surface area (Å²) in [5.41, 5.74) is 1.74. The fourth-order valence-corrected chi connectivity index (χ4v) is 2.10. The number of urea groups is 1. The monoisotopic (exact) mass is 319 g/mol. The largest absolute Gasteiger partial charge is 0.456 e. The molecule has 3 aromatic rings. The van der Waals surface area contributed by atoms with Crippen molar-refractivity contribution < 1.29 is 9.53 Å². The molecule has 0 aliphatic rings. The van der Waals surface area contributed by atoms with Crippen molar-refractivity contribution in [1.82, 2.24) is 10.3 Å². The molecule has 120 valence electrons. The number of pyridine rings is 1. The van der Waals surface area contributed by atoms with Gasteiger partial charge in [0.1, 0.15) is 11.5 Å². The number of para-hydroxylation sites is 1. The fourth-order valence-electron chi connectivity index (χ4n) is 2.10. The van der Waals surface area contributed by atoms with Crippen molar-refractivity contribution in [2.24, 2.45) is 0 Å². The fraction of sp³-hybridized carbons (Fsp3) is 0.0526. The molecule has 0 bridgehead atoms. The maximum atomic E-state index is 11.8. The van der Waals surface area contributed by atoms with Gasteiger partial charge in [-0.05, 0) is 42.0 Å². The topological polar surface area (TPSA) is 63.2 Å². The lowest BCUT2D eigenvalue weighted by Gasteiger charge is -2.09. The molecule has 1 aromatic heterocycles. The Morgan fingerprint density at radius 2 is 1.71 bits per heavy atom. The molecule has 5 nitrogen and oxygen atoms in total. The van der Waals surface area contributed by atoms with Gasteiger partial charge in [-0.2, -0.15) is 0 Å². The van der Waals surface area contributed by atoms with E-state index < -0.39 is 0 Å². The molecule has 0 fully saturated rings. The van der Waals surface area contributed by atoms with Crippen LogP contribution in [0.5, 0.6) is 11.5 Å². The van der Waals surface area contributed by atoms with E-state index in [9.17, 15) is 4.79 Å². The average Bonchev–Trinajstić information content (AvgIpc) is 2.63. The van der Waals surface area contributed by atoms with Crippen LogP contribution in [0.4, 0.5) is 10.5 Å². The van der Waals surface area contributed by atoms with E-state index in [1.807, 2.05) is 66.7 Å². The van der Waals surface area contributed by atoms with Gasteiger partial charge in [0, 0.05) is 18.4 Å². The number of aromatic nitrogens is 1. The van der Waals surface area contributed by atoms with Crippen LogP contribution in [0.1, 0.15) is 5.56 Å². The first-order valence-corrected chi connectivity index (χ1v) is 7.56. The van der Waals surface area contributed by atoms with E-state index in [1.54, 1.807) is 12.4 Å². The number of carbonyl (C=O) groups excluding carboxylic acids is 1. The minimum absolute atomic E-state index is 0.239. The van der Waals surface area contributed by atoms with Crippen molar-refractivity contribution >= 4 is 11.7 Å². The highest BCUT2D eigenvalue weighted by atomic mass is 16.5. The predicted octanol–water partition coefficient (Wildman–Crippen LogP) is 4.20. The smallest absolute Gasteiger partial charge is 0.319 e. The molecule has 0 aliphatic heterocycles. The summed E-state index contributed by atoms with van der Waals surface area (Å²) in [6.07, 6.45) is 3.35. The van der Waals surface area contributed by atoms with Gasteiger partial charge in [0.2, 0.25) is 0 Å². The van der Waals surface area contributed by atoms with Crippen LogP contribution in [0.3, 0.4) is 0 Å². The van der Waals surface area contributed by atoms with Crippen LogP contribution < -0.4 is 15.4 Å². The van der Waals surface area contributed by atoms with Crippen LogP contribution in [0.15, 0.2) is 79.1 Å². The molecular formula is C19H17N3O2. The molecule has 1 heterocycles. The number of nitrogens with zero attached hydrogens (tertiary/aromatic N) is 1. The number of anilines is 1. The number of benzene rings is 2. The van der Waals surface area contributed by atoms with Gasteiger partial charge in [-0.3, -0.25) is 4.98 Å². The van der Waals surface area contributed by atoms with Crippen LogP contribution in [0, 0.1) is 0 Å². The molecule has 5 heteroatoms. The summed E-state index contributed by atoms with van der Waals surface area (Å²) in [5, 5.41) is 5.59. The first kappa shape index (κ1) is 15.6. The highest BCUT2D eigenvalue weighted by Crippen LogP contribution is 2.20. The third-order valence-corrected chi connectivity index (χ3v) is 3.28. The van der Waals surface area contributed by atoms with Crippen molar-refractivity contribution in [3.05, 3.63) is 84.7 Å². The lowest BCUT2D eigenvalue weighted by molar-refractivity contribution is 0.251. The van der Waals surface area contributed by atoms with Crippen molar-refractivity contribution in [3.63, 3.8) is 0 Å². The third-order valence-electron chi connectivity index (χ3n) is 3.28. The molecule has 0 spiro atoms. The Morgan fingerprint density at radius 1 is 0.917 bits per heavy atom. The number of nitrogens with one attached hydrogen (secondary N) is 2. The molecular weight excluding hydrogens is 302 g/mol. The SMILES string of the molecule is O=C(NCc1ccc(Oc2cccnc2)cc1)Nc1ccccc1. The van der Waals surface area contributed by atoms with Gasteiger partial charge in [-0.15, -0.1) is 0 Å². The molecule has 0 radical (unpaired) electrons. The quantitative estimate of drug-likeness (QED) is 0.741. The summed E-state index contributed by atoms with van der Waals surface area (Å²) in [6, 6.07) is 20.3. The predicted molar refractivity (Wildman–Crippen MR) is 93.1 cm³/mol. The summed E-state index contributed by atoms with van der Waals surface area (Å²) in [5.74, 6) is 1.41. The first-order chi connectivity index (χ1) is 11.8. The highest BCUT2D eigenvalue weighted by Gasteiger charge is 2.02. The van der Waals surface area contributed by atoms with E-state index in [4.69, 9.17) is 4.74 Å². The number of hydrogen-bond donors (Lipinski definition) is 2. The Bertz CT molecular complexity index is 775. The second-order valence-corrected chi connectivity index (χ2v) is 5.11. The summed E-state index contributed by atoms with van der Waals surface area (Å²) < 4.78 is 5.68. The van der Waals surface area contributed by atoms with Crippen molar-refractivity contribution in [2.75, 3.05) is 5.32 Å². The Kier molecular flexibility index (Phi) is 5.04. The maximum Gasteiger partial charge on any atom is 0.319 e. The standard InChI is InChI=1S/C19H17N3O2/c23-19(22-16-5-2-1-3-6-16)21-13-15-8-10-17(11-9-15)24-18-7-4-12-20-14-18/h1-12,14H,13H2,(H2,21,22,23). The summed E-state index contributed by atoms with van der Waals surface area (Å²) in [4.78, 5) is 15.8. The van der Waals surface area contributed by atoms with Gasteiger partial charge in [-0.25, -0.2) is 4.79 Å². The van der Waals surface area contributed by atoms with Crippen molar-refractivity contribution in [2.45, 2.75) is 6.54 Å². The Hall–Kier alpha value is -3.34. The minimum Gasteiger partial charge on any atom is -0.456 e. The number of ether oxygens (including phenoxy) is 1. The highest BCUT2D eigenvalue weighted by molar-refractivity contribution is 5.89. The zero-order valence-electron chi connectivity index (χ0n) is 13.0. The zero-order chi connectivity index (χ0) is 16.6. The Labute approximate surface area is 140 Å². The summed E-state index contributed by atoms with van der Waals surface area (Å²) in [6.45, 7) is 0.436. The third kappa shape index (κ3) is 4.58. The van der Waals surface area contributed by atoms with Crippen molar-refractivity contribution in [1.29, 1.82) is 0 Å². The van der Waals surface area contributed by atoms with Crippen LogP contribution in [0.2, 0.25) is 0 Å². The van der Waals surface area contributed by atoms with Gasteiger partial charge in [0.05, 0.1) is 6.20 Å². The zero-order valence-corrected chi connectivity index (χ0v) is 13.0. The van der Waals surface area contributed by atoms with Gasteiger partial charge >= 0.3 is 6.03 Å². The molecule has 0 unspecified atom stereocenters. The molecule has 2 N–H and O–H groups in total. The van der Waals surface area contributed by atoms with E-state index >= 15 is 0 Å². The van der Waals surface area contributed by atoms with Gasteiger partial charge in [-0.1, -0.05) is 30.3 Å². The second-order valence-electron chi connectivity index (χ2n) is 5.11. The number of amides is 2. The lowest BCUT2D eigenvalue weighted by atomic mass is 10.2. The molecule has 0 atom stereocenters.